The minimum Gasteiger partial charge on any atom is -0.445 e. The molecule has 0 spiro atoms. The molecule has 4 atom stereocenters. The molecule has 0 heterocycles. The monoisotopic (exact) mass is 307 g/mol. The predicted molar refractivity (Wildman–Crippen MR) is 83.3 cm³/mol. The first-order valence-corrected chi connectivity index (χ1v) is 7.81. The molecule has 1 amide bonds. The van der Waals surface area contributed by atoms with Gasteiger partial charge in [0.15, 0.2) is 0 Å². The predicted octanol–water partition coefficient (Wildman–Crippen LogP) is 2.33. The van der Waals surface area contributed by atoms with Gasteiger partial charge in [0.05, 0.1) is 19.3 Å². The summed E-state index contributed by atoms with van der Waals surface area (Å²) in [5.74, 6) is 0.652. The lowest BCUT2D eigenvalue weighted by molar-refractivity contribution is 0.00713. The molecule has 1 aromatic carbocycles. The van der Waals surface area contributed by atoms with Gasteiger partial charge in [-0.25, -0.2) is 4.79 Å². The van der Waals surface area contributed by atoms with Gasteiger partial charge in [-0.1, -0.05) is 44.2 Å². The van der Waals surface area contributed by atoms with Crippen LogP contribution in [0.15, 0.2) is 30.3 Å². The highest BCUT2D eigenvalue weighted by atomic mass is 16.5. The zero-order valence-electron chi connectivity index (χ0n) is 13.2. The van der Waals surface area contributed by atoms with Crippen LogP contribution >= 0.6 is 0 Å². The average molecular weight is 307 g/mol. The molecule has 1 fully saturated rings. The number of hydrogen-bond acceptors (Lipinski definition) is 4. The second-order valence-corrected chi connectivity index (χ2v) is 5.90. The Kier molecular flexibility index (Phi) is 6.21. The molecule has 1 saturated carbocycles. The summed E-state index contributed by atoms with van der Waals surface area (Å²) >= 11 is 0. The summed E-state index contributed by atoms with van der Waals surface area (Å²) in [7, 11) is 0. The van der Waals surface area contributed by atoms with Gasteiger partial charge in [-0.05, 0) is 23.8 Å². The van der Waals surface area contributed by atoms with Crippen LogP contribution in [-0.4, -0.2) is 36.6 Å². The molecule has 1 aromatic rings. The van der Waals surface area contributed by atoms with Crippen molar-refractivity contribution >= 4 is 6.09 Å². The van der Waals surface area contributed by atoms with E-state index in [9.17, 15) is 4.79 Å². The molecule has 5 nitrogen and oxygen atoms in total. The van der Waals surface area contributed by atoms with Crippen molar-refractivity contribution in [3.63, 3.8) is 0 Å². The van der Waals surface area contributed by atoms with Gasteiger partial charge in [-0.2, -0.15) is 0 Å². The number of aliphatic hydroxyl groups excluding tert-OH is 1. The second kappa shape index (κ2) is 8.15. The van der Waals surface area contributed by atoms with Crippen LogP contribution in [0.25, 0.3) is 0 Å². The van der Waals surface area contributed by atoms with Crippen molar-refractivity contribution < 1.29 is 19.4 Å². The number of nitrogens with one attached hydrogen (secondary N) is 1. The van der Waals surface area contributed by atoms with Gasteiger partial charge in [-0.3, -0.25) is 0 Å². The molecular weight excluding hydrogens is 282 g/mol. The average Bonchev–Trinajstić information content (AvgIpc) is 2.80. The van der Waals surface area contributed by atoms with Crippen molar-refractivity contribution in [2.45, 2.75) is 39.0 Å². The van der Waals surface area contributed by atoms with Crippen LogP contribution < -0.4 is 5.32 Å². The molecule has 122 valence electrons. The SMILES string of the molecule is C[C@@H]1[C@H](C)[C@@H](OCCO)C[C@H]1NC(=O)OCc1ccccc1. The van der Waals surface area contributed by atoms with Gasteiger partial charge >= 0.3 is 6.09 Å². The van der Waals surface area contributed by atoms with Crippen LogP contribution in [0, 0.1) is 11.8 Å². The normalized spacial score (nSPS) is 27.6. The van der Waals surface area contributed by atoms with Gasteiger partial charge in [-0.15, -0.1) is 0 Å². The van der Waals surface area contributed by atoms with E-state index in [4.69, 9.17) is 14.6 Å². The Bertz CT molecular complexity index is 465. The molecule has 5 heteroatoms. The van der Waals surface area contributed by atoms with E-state index in [2.05, 4.69) is 19.2 Å². The van der Waals surface area contributed by atoms with Gasteiger partial charge in [0, 0.05) is 6.04 Å². The number of carbonyl (C=O) groups is 1. The van der Waals surface area contributed by atoms with E-state index in [-0.39, 0.29) is 25.4 Å². The highest BCUT2D eigenvalue weighted by molar-refractivity contribution is 5.67. The Labute approximate surface area is 131 Å². The highest BCUT2D eigenvalue weighted by Gasteiger charge is 2.39. The largest absolute Gasteiger partial charge is 0.445 e. The number of aliphatic hydroxyl groups is 1. The summed E-state index contributed by atoms with van der Waals surface area (Å²) in [4.78, 5) is 11.9. The maximum absolute atomic E-state index is 11.9. The van der Waals surface area contributed by atoms with Crippen molar-refractivity contribution in [2.24, 2.45) is 11.8 Å². The maximum Gasteiger partial charge on any atom is 0.407 e. The molecule has 0 radical (unpaired) electrons. The number of hydrogen-bond donors (Lipinski definition) is 2. The molecule has 0 bridgehead atoms. The van der Waals surface area contributed by atoms with Crippen LogP contribution in [0.5, 0.6) is 0 Å². The number of benzene rings is 1. The third kappa shape index (κ3) is 4.45. The molecule has 1 aliphatic rings. The quantitative estimate of drug-likeness (QED) is 0.846. The van der Waals surface area contributed by atoms with E-state index in [0.717, 1.165) is 12.0 Å². The smallest absolute Gasteiger partial charge is 0.407 e. The molecule has 22 heavy (non-hydrogen) atoms. The number of carbonyl (C=O) groups excluding carboxylic acids is 1. The fraction of sp³-hybridized carbons (Fsp3) is 0.588. The third-order valence-electron chi connectivity index (χ3n) is 4.48. The summed E-state index contributed by atoms with van der Waals surface area (Å²) in [6.07, 6.45) is 0.431. The molecular formula is C17H25NO4. The zero-order valence-corrected chi connectivity index (χ0v) is 13.2. The standard InChI is InChI=1S/C17H25NO4/c1-12-13(2)16(21-9-8-19)10-15(12)18-17(20)22-11-14-6-4-3-5-7-14/h3-7,12-13,15-16,19H,8-11H2,1-2H3,(H,18,20)/t12-,13+,15-,16+/m1/s1. The first-order chi connectivity index (χ1) is 10.6. The lowest BCUT2D eigenvalue weighted by Gasteiger charge is -2.19. The second-order valence-electron chi connectivity index (χ2n) is 5.90. The van der Waals surface area contributed by atoms with Crippen LogP contribution in [0.3, 0.4) is 0 Å². The maximum atomic E-state index is 11.9. The van der Waals surface area contributed by atoms with Gasteiger partial charge in [0.25, 0.3) is 0 Å². The summed E-state index contributed by atoms with van der Waals surface area (Å²) in [6, 6.07) is 9.65. The Balaban J connectivity index is 1.78. The summed E-state index contributed by atoms with van der Waals surface area (Å²) in [6.45, 7) is 4.86. The first kappa shape index (κ1) is 16.8. The molecule has 0 aromatic heterocycles. The van der Waals surface area contributed by atoms with Crippen molar-refractivity contribution in [3.05, 3.63) is 35.9 Å². The van der Waals surface area contributed by atoms with Crippen molar-refractivity contribution in [2.75, 3.05) is 13.2 Å². The zero-order chi connectivity index (χ0) is 15.9. The first-order valence-electron chi connectivity index (χ1n) is 7.81. The van der Waals surface area contributed by atoms with Crippen molar-refractivity contribution in [1.29, 1.82) is 0 Å². The van der Waals surface area contributed by atoms with Gasteiger partial charge in [0.1, 0.15) is 6.61 Å². The van der Waals surface area contributed by atoms with Crippen molar-refractivity contribution in [1.82, 2.24) is 5.32 Å². The van der Waals surface area contributed by atoms with E-state index in [0.29, 0.717) is 18.4 Å². The number of alkyl carbamates (subject to hydrolysis) is 1. The number of rotatable bonds is 6. The highest BCUT2D eigenvalue weighted by Crippen LogP contribution is 2.33. The molecule has 0 aliphatic heterocycles. The topological polar surface area (TPSA) is 67.8 Å². The summed E-state index contributed by atoms with van der Waals surface area (Å²) in [5.41, 5.74) is 0.967. The van der Waals surface area contributed by atoms with E-state index >= 15 is 0 Å². The lowest BCUT2D eigenvalue weighted by atomic mass is 9.97. The Hall–Kier alpha value is -1.59. The molecule has 2 N–H and O–H groups in total. The Morgan fingerprint density at radius 2 is 2.00 bits per heavy atom. The molecule has 0 unspecified atom stereocenters. The molecule has 0 saturated heterocycles. The lowest BCUT2D eigenvalue weighted by Crippen LogP contribution is -2.37. The van der Waals surface area contributed by atoms with Crippen LogP contribution in [0.2, 0.25) is 0 Å². The van der Waals surface area contributed by atoms with E-state index < -0.39 is 6.09 Å². The van der Waals surface area contributed by atoms with Crippen LogP contribution in [-0.2, 0) is 16.1 Å². The minimum atomic E-state index is -0.393. The summed E-state index contributed by atoms with van der Waals surface area (Å²) in [5, 5.41) is 11.8. The fourth-order valence-corrected chi connectivity index (χ4v) is 2.92. The van der Waals surface area contributed by atoms with E-state index in [1.807, 2.05) is 30.3 Å². The molecule has 2 rings (SSSR count). The van der Waals surface area contributed by atoms with Crippen LogP contribution in [0.4, 0.5) is 4.79 Å². The minimum absolute atomic E-state index is 0.0226. The van der Waals surface area contributed by atoms with E-state index in [1.165, 1.54) is 0 Å². The van der Waals surface area contributed by atoms with E-state index in [1.54, 1.807) is 0 Å². The number of amides is 1. The van der Waals surface area contributed by atoms with Crippen molar-refractivity contribution in [3.8, 4) is 0 Å². The summed E-state index contributed by atoms with van der Waals surface area (Å²) < 4.78 is 10.9. The Morgan fingerprint density at radius 1 is 1.27 bits per heavy atom. The van der Waals surface area contributed by atoms with Gasteiger partial charge in [0.2, 0.25) is 0 Å². The van der Waals surface area contributed by atoms with Gasteiger partial charge < -0.3 is 19.9 Å². The Morgan fingerprint density at radius 3 is 2.68 bits per heavy atom. The number of ether oxygens (including phenoxy) is 2. The van der Waals surface area contributed by atoms with Crippen LogP contribution in [0.1, 0.15) is 25.8 Å². The third-order valence-corrected chi connectivity index (χ3v) is 4.48. The fourth-order valence-electron chi connectivity index (χ4n) is 2.92. The molecule has 1 aliphatic carbocycles.